The number of hydrogen-bond donors (Lipinski definition) is 1. The van der Waals surface area contributed by atoms with Crippen LogP contribution < -0.4 is 9.46 Å². The third-order valence-electron chi connectivity index (χ3n) is 5.10. The van der Waals surface area contributed by atoms with Crippen LogP contribution in [-0.4, -0.2) is 69.9 Å². The summed E-state index contributed by atoms with van der Waals surface area (Å²) in [5.41, 5.74) is 0.826. The molecule has 1 aromatic carbocycles. The fourth-order valence-corrected chi connectivity index (χ4v) is 5.19. The summed E-state index contributed by atoms with van der Waals surface area (Å²) in [5, 5.41) is 0.865. The molecule has 0 saturated carbocycles. The Balaban J connectivity index is 1.62. The number of hydroxylamine groups is 2. The maximum absolute atomic E-state index is 12.8. The van der Waals surface area contributed by atoms with Crippen LogP contribution in [0.15, 0.2) is 24.3 Å². The van der Waals surface area contributed by atoms with E-state index in [0.717, 1.165) is 18.5 Å². The molecule has 8 nitrogen and oxygen atoms in total. The third-order valence-corrected chi connectivity index (χ3v) is 6.90. The number of benzene rings is 1. The van der Waals surface area contributed by atoms with Gasteiger partial charge in [0.25, 0.3) is 0 Å². The molecule has 2 heterocycles. The molecule has 0 spiro atoms. The van der Waals surface area contributed by atoms with Crippen LogP contribution in [0.1, 0.15) is 30.9 Å². The van der Waals surface area contributed by atoms with Crippen molar-refractivity contribution in [2.24, 2.45) is 0 Å². The lowest BCUT2D eigenvalue weighted by molar-refractivity contribution is -0.127. The molecule has 1 N–H and O–H groups in total. The van der Waals surface area contributed by atoms with E-state index in [9.17, 15) is 13.2 Å². The molecule has 0 bridgehead atoms. The van der Waals surface area contributed by atoms with E-state index in [2.05, 4.69) is 4.72 Å². The number of ether oxygens (including phenoxy) is 1. The van der Waals surface area contributed by atoms with E-state index in [1.165, 1.54) is 0 Å². The molecule has 2 aliphatic heterocycles. The number of carbonyl (C=O) groups is 1. The number of nitrogens with one attached hydrogen (secondary N) is 1. The smallest absolute Gasteiger partial charge is 0.222 e. The SMILES string of the molecule is COc1cccc(C2C(S(=O)(=O)NCCCN3CCCC3=O)CON2C)c1. The number of methoxy groups -OCH3 is 1. The van der Waals surface area contributed by atoms with Crippen molar-refractivity contribution < 1.29 is 22.8 Å². The monoisotopic (exact) mass is 397 g/mol. The fraction of sp³-hybridized carbons (Fsp3) is 0.611. The van der Waals surface area contributed by atoms with E-state index in [0.29, 0.717) is 31.7 Å². The van der Waals surface area contributed by atoms with Crippen LogP contribution >= 0.6 is 0 Å². The van der Waals surface area contributed by atoms with Gasteiger partial charge in [0.1, 0.15) is 11.0 Å². The Morgan fingerprint density at radius 2 is 2.19 bits per heavy atom. The molecule has 2 unspecified atom stereocenters. The van der Waals surface area contributed by atoms with Crippen molar-refractivity contribution in [3.05, 3.63) is 29.8 Å². The zero-order valence-electron chi connectivity index (χ0n) is 15.8. The summed E-state index contributed by atoms with van der Waals surface area (Å²) in [6.45, 7) is 1.75. The van der Waals surface area contributed by atoms with E-state index in [4.69, 9.17) is 9.57 Å². The van der Waals surface area contributed by atoms with Crippen LogP contribution in [0.4, 0.5) is 0 Å². The first kappa shape index (κ1) is 20.1. The van der Waals surface area contributed by atoms with E-state index in [-0.39, 0.29) is 12.5 Å². The molecule has 3 rings (SSSR count). The molecule has 0 aromatic heterocycles. The number of sulfonamides is 1. The number of likely N-dealkylation sites (tertiary alicyclic amines) is 1. The zero-order chi connectivity index (χ0) is 19.4. The van der Waals surface area contributed by atoms with Gasteiger partial charge in [-0.3, -0.25) is 9.63 Å². The van der Waals surface area contributed by atoms with Gasteiger partial charge in [-0.1, -0.05) is 12.1 Å². The third kappa shape index (κ3) is 4.60. The molecule has 150 valence electrons. The van der Waals surface area contributed by atoms with Gasteiger partial charge >= 0.3 is 0 Å². The van der Waals surface area contributed by atoms with Crippen molar-refractivity contribution in [1.82, 2.24) is 14.7 Å². The second-order valence-corrected chi connectivity index (χ2v) is 8.86. The predicted octanol–water partition coefficient (Wildman–Crippen LogP) is 0.914. The van der Waals surface area contributed by atoms with Gasteiger partial charge in [0, 0.05) is 33.1 Å². The molecule has 0 aliphatic carbocycles. The minimum atomic E-state index is -3.58. The van der Waals surface area contributed by atoms with E-state index >= 15 is 0 Å². The molecular weight excluding hydrogens is 370 g/mol. The topological polar surface area (TPSA) is 88.2 Å². The summed E-state index contributed by atoms with van der Waals surface area (Å²) in [6, 6.07) is 6.94. The highest BCUT2D eigenvalue weighted by atomic mass is 32.2. The molecular formula is C18H27N3O5S. The molecule has 2 saturated heterocycles. The molecule has 2 fully saturated rings. The van der Waals surface area contributed by atoms with Crippen LogP contribution in [-0.2, 0) is 19.7 Å². The maximum atomic E-state index is 12.8. The lowest BCUT2D eigenvalue weighted by Gasteiger charge is -2.23. The van der Waals surface area contributed by atoms with E-state index in [1.54, 1.807) is 24.1 Å². The summed E-state index contributed by atoms with van der Waals surface area (Å²) in [5.74, 6) is 0.828. The Labute approximate surface area is 160 Å². The van der Waals surface area contributed by atoms with Gasteiger partial charge in [-0.05, 0) is 30.5 Å². The summed E-state index contributed by atoms with van der Waals surface area (Å²) < 4.78 is 33.6. The highest BCUT2D eigenvalue weighted by Crippen LogP contribution is 2.34. The average Bonchev–Trinajstić information content (AvgIpc) is 3.24. The molecule has 1 aromatic rings. The van der Waals surface area contributed by atoms with Gasteiger partial charge in [0.05, 0.1) is 19.8 Å². The summed E-state index contributed by atoms with van der Waals surface area (Å²) in [7, 11) is -0.267. The predicted molar refractivity (Wildman–Crippen MR) is 101 cm³/mol. The van der Waals surface area contributed by atoms with Gasteiger partial charge < -0.3 is 9.64 Å². The van der Waals surface area contributed by atoms with Gasteiger partial charge in [-0.15, -0.1) is 0 Å². The maximum Gasteiger partial charge on any atom is 0.222 e. The second kappa shape index (κ2) is 8.55. The largest absolute Gasteiger partial charge is 0.497 e. The standard InChI is InChI=1S/C18H27N3O5S/c1-20-18(14-6-3-7-15(12-14)25-2)16(13-26-20)27(23,24)19-9-5-11-21-10-4-8-17(21)22/h3,6-7,12,16,18-19H,4-5,8-11,13H2,1-2H3. The average molecular weight is 397 g/mol. The van der Waals surface area contributed by atoms with Crippen molar-refractivity contribution in [3.8, 4) is 5.75 Å². The number of amides is 1. The van der Waals surface area contributed by atoms with Crippen LogP contribution in [0.2, 0.25) is 0 Å². The first-order chi connectivity index (χ1) is 12.9. The molecule has 27 heavy (non-hydrogen) atoms. The number of rotatable bonds is 8. The quantitative estimate of drug-likeness (QED) is 0.656. The number of nitrogens with zero attached hydrogens (tertiary/aromatic N) is 2. The lowest BCUT2D eigenvalue weighted by Crippen LogP contribution is -2.40. The summed E-state index contributed by atoms with van der Waals surface area (Å²) in [6.07, 6.45) is 2.08. The molecule has 2 atom stereocenters. The fourth-order valence-electron chi connectivity index (χ4n) is 3.64. The second-order valence-electron chi connectivity index (χ2n) is 6.88. The van der Waals surface area contributed by atoms with Crippen molar-refractivity contribution in [1.29, 1.82) is 0 Å². The van der Waals surface area contributed by atoms with Crippen molar-refractivity contribution >= 4 is 15.9 Å². The minimum Gasteiger partial charge on any atom is -0.497 e. The Morgan fingerprint density at radius 1 is 1.37 bits per heavy atom. The van der Waals surface area contributed by atoms with Crippen molar-refractivity contribution in [2.75, 3.05) is 40.4 Å². The lowest BCUT2D eigenvalue weighted by atomic mass is 10.0. The Bertz CT molecular complexity index is 770. The highest BCUT2D eigenvalue weighted by molar-refractivity contribution is 7.90. The normalized spacial score (nSPS) is 23.9. The van der Waals surface area contributed by atoms with Crippen LogP contribution in [0.5, 0.6) is 5.75 Å². The van der Waals surface area contributed by atoms with E-state index in [1.807, 2.05) is 24.3 Å². The van der Waals surface area contributed by atoms with Gasteiger partial charge in [0.15, 0.2) is 0 Å². The molecule has 9 heteroatoms. The molecule has 0 radical (unpaired) electrons. The van der Waals surface area contributed by atoms with Gasteiger partial charge in [-0.2, -0.15) is 5.06 Å². The van der Waals surface area contributed by atoms with Gasteiger partial charge in [-0.25, -0.2) is 13.1 Å². The van der Waals surface area contributed by atoms with Crippen molar-refractivity contribution in [3.63, 3.8) is 0 Å². The molecule has 2 aliphatic rings. The molecule has 1 amide bonds. The van der Waals surface area contributed by atoms with Crippen LogP contribution in [0.25, 0.3) is 0 Å². The number of carbonyl (C=O) groups excluding carboxylic acids is 1. The van der Waals surface area contributed by atoms with E-state index < -0.39 is 21.3 Å². The van der Waals surface area contributed by atoms with Crippen LogP contribution in [0, 0.1) is 0 Å². The minimum absolute atomic E-state index is 0.0956. The first-order valence-corrected chi connectivity index (χ1v) is 10.7. The summed E-state index contributed by atoms with van der Waals surface area (Å²) in [4.78, 5) is 18.9. The zero-order valence-corrected chi connectivity index (χ0v) is 16.6. The van der Waals surface area contributed by atoms with Gasteiger partial charge in [0.2, 0.25) is 15.9 Å². The first-order valence-electron chi connectivity index (χ1n) is 9.18. The Morgan fingerprint density at radius 3 is 2.89 bits per heavy atom. The Hall–Kier alpha value is -1.68. The number of hydrogen-bond acceptors (Lipinski definition) is 6. The Kier molecular flexibility index (Phi) is 6.36. The highest BCUT2D eigenvalue weighted by Gasteiger charge is 2.43. The van der Waals surface area contributed by atoms with Crippen molar-refractivity contribution in [2.45, 2.75) is 30.6 Å². The summed E-state index contributed by atoms with van der Waals surface area (Å²) >= 11 is 0. The van der Waals surface area contributed by atoms with Crippen LogP contribution in [0.3, 0.4) is 0 Å².